The van der Waals surface area contributed by atoms with E-state index in [4.69, 9.17) is 9.84 Å². The van der Waals surface area contributed by atoms with E-state index in [1.807, 2.05) is 12.1 Å². The Kier molecular flexibility index (Phi) is 4.10. The Bertz CT molecular complexity index is 472. The van der Waals surface area contributed by atoms with Gasteiger partial charge < -0.3 is 9.84 Å². The summed E-state index contributed by atoms with van der Waals surface area (Å²) in [6.45, 7) is 5.62. The lowest BCUT2D eigenvalue weighted by molar-refractivity contribution is -0.141. The van der Waals surface area contributed by atoms with Crippen molar-refractivity contribution in [2.45, 2.75) is 26.3 Å². The fourth-order valence-electron chi connectivity index (χ4n) is 2.72. The monoisotopic (exact) mass is 263 g/mol. The van der Waals surface area contributed by atoms with Crippen LogP contribution in [0.3, 0.4) is 0 Å². The molecule has 0 radical (unpaired) electrons. The average molecular weight is 263 g/mol. The molecule has 0 bridgehead atoms. The number of aliphatic carboxylic acids is 1. The number of aryl methyl sites for hydroxylation is 1. The molecule has 0 spiro atoms. The molecule has 4 nitrogen and oxygen atoms in total. The molecule has 1 N–H and O–H groups in total. The van der Waals surface area contributed by atoms with E-state index < -0.39 is 5.97 Å². The van der Waals surface area contributed by atoms with Crippen LogP contribution in [0.4, 0.5) is 0 Å². The average Bonchev–Trinajstić information content (AvgIpc) is 2.87. The van der Waals surface area contributed by atoms with Gasteiger partial charge in [-0.2, -0.15) is 0 Å². The summed E-state index contributed by atoms with van der Waals surface area (Å²) in [6.07, 6.45) is 0.730. The molecule has 104 valence electrons. The van der Waals surface area contributed by atoms with Crippen molar-refractivity contribution in [3.63, 3.8) is 0 Å². The van der Waals surface area contributed by atoms with Gasteiger partial charge in [-0.3, -0.25) is 9.69 Å². The van der Waals surface area contributed by atoms with Gasteiger partial charge in [-0.25, -0.2) is 0 Å². The van der Waals surface area contributed by atoms with Crippen molar-refractivity contribution in [3.8, 4) is 5.75 Å². The van der Waals surface area contributed by atoms with E-state index >= 15 is 0 Å². The molecule has 1 aliphatic rings. The highest BCUT2D eigenvalue weighted by Gasteiger charge is 2.31. The number of carboxylic acid groups (broad SMARTS) is 1. The van der Waals surface area contributed by atoms with Crippen molar-refractivity contribution in [1.29, 1.82) is 0 Å². The number of carbonyl (C=O) groups is 1. The molecule has 1 saturated heterocycles. The highest BCUT2D eigenvalue weighted by atomic mass is 16.5. The summed E-state index contributed by atoms with van der Waals surface area (Å²) in [5, 5.41) is 9.08. The van der Waals surface area contributed by atoms with Crippen molar-refractivity contribution in [1.82, 2.24) is 4.90 Å². The Morgan fingerprint density at radius 1 is 1.53 bits per heavy atom. The molecule has 0 amide bonds. The van der Waals surface area contributed by atoms with Crippen LogP contribution < -0.4 is 4.74 Å². The van der Waals surface area contributed by atoms with Crippen molar-refractivity contribution in [2.24, 2.45) is 5.92 Å². The van der Waals surface area contributed by atoms with Crippen LogP contribution in [0.5, 0.6) is 5.75 Å². The molecule has 19 heavy (non-hydrogen) atoms. The number of likely N-dealkylation sites (tertiary alicyclic amines) is 1. The lowest BCUT2D eigenvalue weighted by atomic mass is 10.0. The molecule has 1 aromatic carbocycles. The van der Waals surface area contributed by atoms with Crippen molar-refractivity contribution in [3.05, 3.63) is 29.3 Å². The van der Waals surface area contributed by atoms with E-state index in [-0.39, 0.29) is 12.0 Å². The molecular formula is C15H21NO3. The second-order valence-electron chi connectivity index (χ2n) is 5.24. The molecule has 4 heteroatoms. The maximum atomic E-state index is 11.0. The van der Waals surface area contributed by atoms with Crippen LogP contribution in [0.1, 0.15) is 30.5 Å². The van der Waals surface area contributed by atoms with Gasteiger partial charge >= 0.3 is 5.97 Å². The van der Waals surface area contributed by atoms with Crippen LogP contribution in [-0.2, 0) is 4.79 Å². The zero-order chi connectivity index (χ0) is 14.0. The highest BCUT2D eigenvalue weighted by molar-refractivity contribution is 5.70. The number of nitrogens with zero attached hydrogens (tertiary/aromatic N) is 1. The normalized spacial score (nSPS) is 21.3. The first kappa shape index (κ1) is 13.9. The molecule has 1 aromatic rings. The van der Waals surface area contributed by atoms with E-state index in [1.54, 1.807) is 7.11 Å². The molecular weight excluding hydrogens is 242 g/mol. The first-order valence-corrected chi connectivity index (χ1v) is 6.64. The van der Waals surface area contributed by atoms with Gasteiger partial charge in [0.1, 0.15) is 5.75 Å². The standard InChI is InChI=1S/C15H21NO3/c1-10-4-5-14(19-3)13(8-10)11(2)16-7-6-12(9-16)15(17)18/h4-5,8,11-12H,6-7,9H2,1-3H3,(H,17,18). The number of carboxylic acids is 1. The molecule has 1 heterocycles. The number of benzene rings is 1. The van der Waals surface area contributed by atoms with Crippen LogP contribution in [-0.4, -0.2) is 36.2 Å². The number of ether oxygens (including phenoxy) is 1. The van der Waals surface area contributed by atoms with Gasteiger partial charge in [0, 0.05) is 18.2 Å². The van der Waals surface area contributed by atoms with Crippen LogP contribution in [0.25, 0.3) is 0 Å². The molecule has 0 saturated carbocycles. The molecule has 2 atom stereocenters. The van der Waals surface area contributed by atoms with Crippen LogP contribution in [0.2, 0.25) is 0 Å². The van der Waals surface area contributed by atoms with Gasteiger partial charge in [-0.05, 0) is 32.9 Å². The van der Waals surface area contributed by atoms with Gasteiger partial charge in [0.2, 0.25) is 0 Å². The van der Waals surface area contributed by atoms with Gasteiger partial charge in [-0.15, -0.1) is 0 Å². The fourth-order valence-corrected chi connectivity index (χ4v) is 2.72. The van der Waals surface area contributed by atoms with E-state index in [2.05, 4.69) is 24.8 Å². The molecule has 1 fully saturated rings. The third-order valence-electron chi connectivity index (χ3n) is 3.95. The summed E-state index contributed by atoms with van der Waals surface area (Å²) >= 11 is 0. The number of hydrogen-bond acceptors (Lipinski definition) is 3. The molecule has 0 aliphatic carbocycles. The number of methoxy groups -OCH3 is 1. The zero-order valence-electron chi connectivity index (χ0n) is 11.7. The first-order valence-electron chi connectivity index (χ1n) is 6.64. The van der Waals surface area contributed by atoms with E-state index in [9.17, 15) is 4.79 Å². The summed E-state index contributed by atoms with van der Waals surface area (Å²) in [7, 11) is 1.67. The van der Waals surface area contributed by atoms with E-state index in [0.717, 1.165) is 24.3 Å². The number of hydrogen-bond donors (Lipinski definition) is 1. The van der Waals surface area contributed by atoms with Gasteiger partial charge in [0.05, 0.1) is 13.0 Å². The zero-order valence-corrected chi connectivity index (χ0v) is 11.7. The van der Waals surface area contributed by atoms with Crippen LogP contribution in [0, 0.1) is 12.8 Å². The largest absolute Gasteiger partial charge is 0.496 e. The molecule has 2 rings (SSSR count). The minimum absolute atomic E-state index is 0.180. The SMILES string of the molecule is COc1ccc(C)cc1C(C)N1CCC(C(=O)O)C1. The Hall–Kier alpha value is -1.55. The second kappa shape index (κ2) is 5.61. The quantitative estimate of drug-likeness (QED) is 0.906. The maximum absolute atomic E-state index is 11.0. The summed E-state index contributed by atoms with van der Waals surface area (Å²) in [4.78, 5) is 13.3. The van der Waals surface area contributed by atoms with Crippen molar-refractivity contribution >= 4 is 5.97 Å². The predicted molar refractivity (Wildman–Crippen MR) is 73.5 cm³/mol. The second-order valence-corrected chi connectivity index (χ2v) is 5.24. The van der Waals surface area contributed by atoms with E-state index in [0.29, 0.717) is 6.54 Å². The summed E-state index contributed by atoms with van der Waals surface area (Å²) < 4.78 is 5.41. The Labute approximate surface area is 114 Å². The minimum Gasteiger partial charge on any atom is -0.496 e. The first-order chi connectivity index (χ1) is 9.02. The third-order valence-corrected chi connectivity index (χ3v) is 3.95. The summed E-state index contributed by atoms with van der Waals surface area (Å²) in [5.74, 6) is -0.0546. The Balaban J connectivity index is 2.18. The lowest BCUT2D eigenvalue weighted by Crippen LogP contribution is -2.26. The topological polar surface area (TPSA) is 49.8 Å². The van der Waals surface area contributed by atoms with E-state index in [1.165, 1.54) is 5.56 Å². The third kappa shape index (κ3) is 2.89. The maximum Gasteiger partial charge on any atom is 0.307 e. The molecule has 1 aliphatic heterocycles. The van der Waals surface area contributed by atoms with Crippen LogP contribution in [0.15, 0.2) is 18.2 Å². The van der Waals surface area contributed by atoms with Gasteiger partial charge in [0.15, 0.2) is 0 Å². The smallest absolute Gasteiger partial charge is 0.307 e. The highest BCUT2D eigenvalue weighted by Crippen LogP contribution is 2.33. The van der Waals surface area contributed by atoms with Crippen molar-refractivity contribution < 1.29 is 14.6 Å². The fraction of sp³-hybridized carbons (Fsp3) is 0.533. The van der Waals surface area contributed by atoms with Crippen molar-refractivity contribution in [2.75, 3.05) is 20.2 Å². The summed E-state index contributed by atoms with van der Waals surface area (Å²) in [6, 6.07) is 6.31. The molecule has 0 aromatic heterocycles. The van der Waals surface area contributed by atoms with Gasteiger partial charge in [0.25, 0.3) is 0 Å². The molecule has 2 unspecified atom stereocenters. The van der Waals surface area contributed by atoms with Crippen LogP contribution >= 0.6 is 0 Å². The minimum atomic E-state index is -0.689. The summed E-state index contributed by atoms with van der Waals surface area (Å²) in [5.41, 5.74) is 2.32. The Morgan fingerprint density at radius 3 is 2.84 bits per heavy atom. The Morgan fingerprint density at radius 2 is 2.26 bits per heavy atom. The van der Waals surface area contributed by atoms with Gasteiger partial charge in [-0.1, -0.05) is 17.7 Å². The predicted octanol–water partition coefficient (Wildman–Crippen LogP) is 2.47. The number of rotatable bonds is 4. The lowest BCUT2D eigenvalue weighted by Gasteiger charge is -2.26.